The fourth-order valence-corrected chi connectivity index (χ4v) is 1.13. The predicted octanol–water partition coefficient (Wildman–Crippen LogP) is 1.74. The molecule has 0 heterocycles. The van der Waals surface area contributed by atoms with Crippen LogP contribution in [0.4, 0.5) is 0 Å². The molecule has 84 valence electrons. The smallest absolute Gasteiger partial charge is 0.357 e. The molecule has 1 aromatic carbocycles. The third-order valence-corrected chi connectivity index (χ3v) is 1.87. The number of hydrogen-bond acceptors (Lipinski definition) is 4. The maximum absolute atomic E-state index is 11.2. The van der Waals surface area contributed by atoms with Crippen LogP contribution in [0.3, 0.4) is 0 Å². The van der Waals surface area contributed by atoms with E-state index in [0.717, 1.165) is 0 Å². The van der Waals surface area contributed by atoms with Crippen LogP contribution in [0, 0.1) is 6.57 Å². The van der Waals surface area contributed by atoms with Crippen LogP contribution in [0.2, 0.25) is 0 Å². The second-order valence-electron chi connectivity index (χ2n) is 2.79. The van der Waals surface area contributed by atoms with Crippen molar-refractivity contribution in [1.29, 1.82) is 0 Å². The van der Waals surface area contributed by atoms with Gasteiger partial charge in [0.25, 0.3) is 0 Å². The summed E-state index contributed by atoms with van der Waals surface area (Å²) in [6.07, 6.45) is 0. The molecule has 0 radical (unpaired) electrons. The van der Waals surface area contributed by atoms with Crippen molar-refractivity contribution in [2.24, 2.45) is 0 Å². The van der Waals surface area contributed by atoms with Gasteiger partial charge in [0.15, 0.2) is 11.5 Å². The molecule has 5 nitrogen and oxygen atoms in total. The Hall–Kier alpha value is -2.22. The largest absolute Gasteiger partial charge is 0.493 e. The van der Waals surface area contributed by atoms with Gasteiger partial charge in [-0.25, -0.2) is 11.4 Å². The maximum atomic E-state index is 11.2. The second-order valence-corrected chi connectivity index (χ2v) is 2.79. The lowest BCUT2D eigenvalue weighted by Crippen LogP contribution is -2.02. The van der Waals surface area contributed by atoms with Crippen molar-refractivity contribution in [3.63, 3.8) is 0 Å². The molecule has 0 amide bonds. The topological polar surface area (TPSA) is 49.1 Å². The third-order valence-electron chi connectivity index (χ3n) is 1.87. The van der Waals surface area contributed by atoms with Gasteiger partial charge in [0, 0.05) is 0 Å². The Morgan fingerprint density at radius 3 is 2.69 bits per heavy atom. The Labute approximate surface area is 93.4 Å². The second kappa shape index (κ2) is 5.61. The first-order valence-electron chi connectivity index (χ1n) is 4.45. The van der Waals surface area contributed by atoms with Gasteiger partial charge >= 0.3 is 12.7 Å². The average molecular weight is 221 g/mol. The summed E-state index contributed by atoms with van der Waals surface area (Å²) in [6.45, 7) is 6.52. The highest BCUT2D eigenvalue weighted by molar-refractivity contribution is 5.90. The maximum Gasteiger partial charge on any atom is 0.357 e. The van der Waals surface area contributed by atoms with Gasteiger partial charge in [-0.2, -0.15) is 0 Å². The highest BCUT2D eigenvalue weighted by atomic mass is 16.5. The monoisotopic (exact) mass is 221 g/mol. The van der Waals surface area contributed by atoms with Crippen molar-refractivity contribution in [1.82, 2.24) is 0 Å². The van der Waals surface area contributed by atoms with Gasteiger partial charge in [0.05, 0.1) is 19.8 Å². The van der Waals surface area contributed by atoms with E-state index in [1.807, 2.05) is 0 Å². The van der Waals surface area contributed by atoms with Crippen LogP contribution in [-0.4, -0.2) is 26.9 Å². The van der Waals surface area contributed by atoms with Gasteiger partial charge in [-0.3, -0.25) is 4.85 Å². The molecule has 0 spiro atoms. The van der Waals surface area contributed by atoms with Gasteiger partial charge < -0.3 is 14.2 Å². The lowest BCUT2D eigenvalue weighted by molar-refractivity contribution is 0.0600. The fraction of sp³-hybridized carbons (Fsp3) is 0.273. The summed E-state index contributed by atoms with van der Waals surface area (Å²) in [5.74, 6) is 0.368. The molecule has 1 rings (SSSR count). The van der Waals surface area contributed by atoms with Crippen LogP contribution in [0.1, 0.15) is 10.4 Å². The zero-order valence-corrected chi connectivity index (χ0v) is 9.02. The minimum absolute atomic E-state index is 0.0894. The molecule has 0 aliphatic rings. The molecular weight excluding hydrogens is 210 g/mol. The van der Waals surface area contributed by atoms with Gasteiger partial charge in [0.2, 0.25) is 0 Å². The van der Waals surface area contributed by atoms with Crippen molar-refractivity contribution in [2.75, 3.05) is 21.0 Å². The normalized spacial score (nSPS) is 9.06. The Bertz CT molecular complexity index is 422. The van der Waals surface area contributed by atoms with Gasteiger partial charge in [-0.1, -0.05) is 0 Å². The molecule has 0 aromatic heterocycles. The molecule has 0 atom stereocenters. The van der Waals surface area contributed by atoms with Crippen molar-refractivity contribution in [2.45, 2.75) is 0 Å². The number of benzene rings is 1. The molecular formula is C11H11NO4. The first-order chi connectivity index (χ1) is 7.72. The van der Waals surface area contributed by atoms with Gasteiger partial charge in [0.1, 0.15) is 0 Å². The Morgan fingerprint density at radius 2 is 2.12 bits per heavy atom. The number of nitrogens with zero attached hydrogens (tertiary/aromatic N) is 1. The van der Waals surface area contributed by atoms with Crippen LogP contribution in [-0.2, 0) is 4.74 Å². The zero-order valence-electron chi connectivity index (χ0n) is 9.02. The molecule has 1 aromatic rings. The molecule has 0 aliphatic carbocycles. The molecule has 0 unspecified atom stereocenters. The zero-order chi connectivity index (χ0) is 12.0. The molecule has 0 bridgehead atoms. The van der Waals surface area contributed by atoms with E-state index < -0.39 is 5.97 Å². The first kappa shape index (κ1) is 11.9. The molecule has 0 N–H and O–H groups in total. The average Bonchev–Trinajstić information content (AvgIpc) is 2.35. The molecule has 0 saturated carbocycles. The van der Waals surface area contributed by atoms with Crippen LogP contribution in [0.5, 0.6) is 11.5 Å². The van der Waals surface area contributed by atoms with Crippen LogP contribution >= 0.6 is 0 Å². The fourth-order valence-electron chi connectivity index (χ4n) is 1.13. The number of carbonyl (C=O) groups is 1. The number of hydrogen-bond donors (Lipinski definition) is 0. The summed E-state index contributed by atoms with van der Waals surface area (Å²) in [5.41, 5.74) is 0.370. The quantitative estimate of drug-likeness (QED) is 0.574. The standard InChI is InChI=1S/C11H11NO4/c1-12-7-16-9-5-4-8(11(13)15-3)6-10(9)14-2/h4-6H,7H2,2-3H3. The number of rotatable bonds is 4. The first-order valence-corrected chi connectivity index (χ1v) is 4.45. The minimum atomic E-state index is -0.449. The summed E-state index contributed by atoms with van der Waals surface area (Å²) >= 11 is 0. The Morgan fingerprint density at radius 1 is 1.38 bits per heavy atom. The van der Waals surface area contributed by atoms with Gasteiger partial charge in [-0.15, -0.1) is 0 Å². The van der Waals surface area contributed by atoms with Crippen LogP contribution in [0.25, 0.3) is 4.85 Å². The van der Waals surface area contributed by atoms with E-state index in [4.69, 9.17) is 16.0 Å². The van der Waals surface area contributed by atoms with Crippen molar-refractivity contribution < 1.29 is 19.0 Å². The molecule has 0 saturated heterocycles. The summed E-state index contributed by atoms with van der Waals surface area (Å²) in [7, 11) is 2.76. The number of ether oxygens (including phenoxy) is 3. The highest BCUT2D eigenvalue weighted by Crippen LogP contribution is 2.28. The van der Waals surface area contributed by atoms with E-state index in [9.17, 15) is 4.79 Å². The van der Waals surface area contributed by atoms with E-state index in [-0.39, 0.29) is 6.73 Å². The number of esters is 1. The number of methoxy groups -OCH3 is 2. The summed E-state index contributed by atoms with van der Waals surface area (Å²) < 4.78 is 14.7. The lowest BCUT2D eigenvalue weighted by atomic mass is 10.2. The molecule has 0 aliphatic heterocycles. The van der Waals surface area contributed by atoms with Crippen molar-refractivity contribution in [3.05, 3.63) is 35.2 Å². The van der Waals surface area contributed by atoms with Crippen molar-refractivity contribution in [3.8, 4) is 11.5 Å². The SMILES string of the molecule is [C-]#[N+]COc1ccc(C(=O)OC)cc1OC. The van der Waals surface area contributed by atoms with E-state index >= 15 is 0 Å². The minimum Gasteiger partial charge on any atom is -0.493 e. The lowest BCUT2D eigenvalue weighted by Gasteiger charge is -2.08. The predicted molar refractivity (Wildman–Crippen MR) is 56.4 cm³/mol. The summed E-state index contributed by atoms with van der Waals surface area (Å²) in [6, 6.07) is 4.62. The van der Waals surface area contributed by atoms with E-state index in [1.54, 1.807) is 12.1 Å². The van der Waals surface area contributed by atoms with Crippen LogP contribution < -0.4 is 9.47 Å². The molecule has 0 fully saturated rings. The Balaban J connectivity index is 2.98. The van der Waals surface area contributed by atoms with E-state index in [0.29, 0.717) is 17.1 Å². The Kier molecular flexibility index (Phi) is 4.16. The van der Waals surface area contributed by atoms with Crippen molar-refractivity contribution >= 4 is 5.97 Å². The molecule has 16 heavy (non-hydrogen) atoms. The number of carbonyl (C=O) groups excluding carboxylic acids is 1. The van der Waals surface area contributed by atoms with E-state index in [2.05, 4.69) is 9.58 Å². The molecule has 5 heteroatoms. The van der Waals surface area contributed by atoms with E-state index in [1.165, 1.54) is 20.3 Å². The van der Waals surface area contributed by atoms with Crippen LogP contribution in [0.15, 0.2) is 18.2 Å². The summed E-state index contributed by atoms with van der Waals surface area (Å²) in [5, 5.41) is 0. The highest BCUT2D eigenvalue weighted by Gasteiger charge is 2.11. The summed E-state index contributed by atoms with van der Waals surface area (Å²) in [4.78, 5) is 14.3. The van der Waals surface area contributed by atoms with Gasteiger partial charge in [-0.05, 0) is 18.2 Å². The third kappa shape index (κ3) is 2.64.